The van der Waals surface area contributed by atoms with Gasteiger partial charge in [0.1, 0.15) is 11.4 Å². The first-order valence-corrected chi connectivity index (χ1v) is 5.20. The summed E-state index contributed by atoms with van der Waals surface area (Å²) in [5, 5.41) is 0. The highest BCUT2D eigenvalue weighted by Crippen LogP contribution is 2.35. The summed E-state index contributed by atoms with van der Waals surface area (Å²) in [6, 6.07) is 2.15. The van der Waals surface area contributed by atoms with E-state index >= 15 is 0 Å². The number of halogens is 6. The van der Waals surface area contributed by atoms with E-state index in [1.54, 1.807) is 22.6 Å². The first-order valence-electron chi connectivity index (χ1n) is 3.04. The third-order valence-corrected chi connectivity index (χ3v) is 2.76. The minimum Gasteiger partial charge on any atom is -0.206 e. The van der Waals surface area contributed by atoms with Gasteiger partial charge in [-0.25, -0.2) is 4.39 Å². The molecular formula is C7H2F4I2. The molecule has 0 atom stereocenters. The van der Waals surface area contributed by atoms with Gasteiger partial charge in [0.2, 0.25) is 0 Å². The molecule has 0 aliphatic heterocycles. The Kier molecular flexibility index (Phi) is 3.42. The SMILES string of the molecule is Fc1cc(I)cc(I)c1C(F)(F)F. The molecule has 6 heteroatoms. The summed E-state index contributed by atoms with van der Waals surface area (Å²) in [5.74, 6) is -1.22. The Morgan fingerprint density at radius 2 is 1.62 bits per heavy atom. The highest BCUT2D eigenvalue weighted by molar-refractivity contribution is 14.1. The topological polar surface area (TPSA) is 0 Å². The molecule has 0 aromatic heterocycles. The van der Waals surface area contributed by atoms with Gasteiger partial charge in [-0.15, -0.1) is 0 Å². The number of hydrogen-bond donors (Lipinski definition) is 0. The molecule has 0 aliphatic carbocycles. The van der Waals surface area contributed by atoms with E-state index in [9.17, 15) is 17.6 Å². The van der Waals surface area contributed by atoms with Crippen molar-refractivity contribution in [1.82, 2.24) is 0 Å². The summed E-state index contributed by atoms with van der Waals surface area (Å²) in [4.78, 5) is 0. The summed E-state index contributed by atoms with van der Waals surface area (Å²) >= 11 is 3.24. The maximum absolute atomic E-state index is 12.9. The molecule has 0 spiro atoms. The monoisotopic (exact) mass is 416 g/mol. The Bertz CT molecular complexity index is 309. The lowest BCUT2D eigenvalue weighted by Gasteiger charge is -2.10. The summed E-state index contributed by atoms with van der Waals surface area (Å²) < 4.78 is 49.8. The lowest BCUT2D eigenvalue weighted by Crippen LogP contribution is -2.10. The molecule has 72 valence electrons. The summed E-state index contributed by atoms with van der Waals surface area (Å²) in [6.45, 7) is 0. The number of hydrogen-bond acceptors (Lipinski definition) is 0. The summed E-state index contributed by atoms with van der Waals surface area (Å²) in [6.07, 6.45) is -4.62. The Morgan fingerprint density at radius 1 is 1.08 bits per heavy atom. The van der Waals surface area contributed by atoms with E-state index in [1.807, 2.05) is 0 Å². The van der Waals surface area contributed by atoms with Crippen molar-refractivity contribution < 1.29 is 17.6 Å². The average Bonchev–Trinajstić information content (AvgIpc) is 1.78. The minimum absolute atomic E-state index is 0.116. The summed E-state index contributed by atoms with van der Waals surface area (Å²) in [7, 11) is 0. The van der Waals surface area contributed by atoms with E-state index in [-0.39, 0.29) is 3.57 Å². The highest BCUT2D eigenvalue weighted by Gasteiger charge is 2.36. The molecule has 0 nitrogen and oxygen atoms in total. The molecule has 0 amide bonds. The predicted octanol–water partition coefficient (Wildman–Crippen LogP) is 4.05. The van der Waals surface area contributed by atoms with Gasteiger partial charge in [-0.2, -0.15) is 13.2 Å². The van der Waals surface area contributed by atoms with Crippen LogP contribution in [-0.4, -0.2) is 0 Å². The number of rotatable bonds is 0. The molecule has 0 heterocycles. The van der Waals surface area contributed by atoms with E-state index in [4.69, 9.17) is 0 Å². The molecule has 0 saturated heterocycles. The molecule has 0 unspecified atom stereocenters. The quantitative estimate of drug-likeness (QED) is 0.443. The van der Waals surface area contributed by atoms with Crippen molar-refractivity contribution in [2.24, 2.45) is 0 Å². The average molecular weight is 416 g/mol. The third kappa shape index (κ3) is 2.67. The first-order chi connectivity index (χ1) is 5.82. The van der Waals surface area contributed by atoms with Crippen LogP contribution in [0.1, 0.15) is 5.56 Å². The fourth-order valence-corrected chi connectivity index (χ4v) is 2.89. The van der Waals surface area contributed by atoms with E-state index in [0.717, 1.165) is 6.07 Å². The predicted molar refractivity (Wildman–Crippen MR) is 56.8 cm³/mol. The molecule has 0 radical (unpaired) electrons. The molecule has 13 heavy (non-hydrogen) atoms. The molecule has 0 saturated carbocycles. The van der Waals surface area contributed by atoms with Gasteiger partial charge in [-0.1, -0.05) is 0 Å². The maximum Gasteiger partial charge on any atom is 0.420 e. The van der Waals surface area contributed by atoms with E-state index < -0.39 is 17.6 Å². The van der Waals surface area contributed by atoms with Crippen molar-refractivity contribution in [3.05, 3.63) is 30.7 Å². The van der Waals surface area contributed by atoms with Crippen LogP contribution in [0.25, 0.3) is 0 Å². The van der Waals surface area contributed by atoms with Crippen molar-refractivity contribution in [1.29, 1.82) is 0 Å². The zero-order valence-electron chi connectivity index (χ0n) is 5.92. The lowest BCUT2D eigenvalue weighted by atomic mass is 10.2. The van der Waals surface area contributed by atoms with Crippen LogP contribution in [0.15, 0.2) is 12.1 Å². The van der Waals surface area contributed by atoms with Gasteiger partial charge in [-0.3, -0.25) is 0 Å². The normalized spacial score (nSPS) is 11.8. The van der Waals surface area contributed by atoms with Crippen molar-refractivity contribution in [2.45, 2.75) is 6.18 Å². The van der Waals surface area contributed by atoms with Crippen LogP contribution in [0.5, 0.6) is 0 Å². The fraction of sp³-hybridized carbons (Fsp3) is 0.143. The second kappa shape index (κ2) is 3.87. The van der Waals surface area contributed by atoms with Crippen LogP contribution in [0.3, 0.4) is 0 Å². The molecule has 0 aliphatic rings. The molecule has 1 rings (SSSR count). The highest BCUT2D eigenvalue weighted by atomic mass is 127. The molecule has 0 fully saturated rings. The second-order valence-corrected chi connectivity index (χ2v) is 4.65. The van der Waals surface area contributed by atoms with E-state index in [1.165, 1.54) is 28.7 Å². The Labute approximate surface area is 99.0 Å². The zero-order valence-corrected chi connectivity index (χ0v) is 10.2. The summed E-state index contributed by atoms with van der Waals surface area (Å²) in [5.41, 5.74) is -1.19. The molecule has 1 aromatic rings. The van der Waals surface area contributed by atoms with Crippen LogP contribution in [-0.2, 0) is 6.18 Å². The van der Waals surface area contributed by atoms with Crippen LogP contribution >= 0.6 is 45.2 Å². The van der Waals surface area contributed by atoms with Crippen LogP contribution < -0.4 is 0 Å². The molecule has 0 bridgehead atoms. The van der Waals surface area contributed by atoms with Gasteiger partial charge in [0, 0.05) is 7.14 Å². The second-order valence-electron chi connectivity index (χ2n) is 2.24. The van der Waals surface area contributed by atoms with Crippen LogP contribution in [0, 0.1) is 13.0 Å². The van der Waals surface area contributed by atoms with Crippen molar-refractivity contribution >= 4 is 45.2 Å². The lowest BCUT2D eigenvalue weighted by molar-refractivity contribution is -0.140. The Morgan fingerprint density at radius 3 is 2.00 bits per heavy atom. The number of alkyl halides is 3. The molecule has 1 aromatic carbocycles. The van der Waals surface area contributed by atoms with Crippen molar-refractivity contribution in [3.63, 3.8) is 0 Å². The van der Waals surface area contributed by atoms with Gasteiger partial charge < -0.3 is 0 Å². The van der Waals surface area contributed by atoms with Gasteiger partial charge in [0.05, 0.1) is 0 Å². The van der Waals surface area contributed by atoms with Crippen molar-refractivity contribution in [2.75, 3.05) is 0 Å². The first kappa shape index (κ1) is 11.5. The smallest absolute Gasteiger partial charge is 0.206 e. The third-order valence-electron chi connectivity index (χ3n) is 1.29. The van der Waals surface area contributed by atoms with Gasteiger partial charge >= 0.3 is 6.18 Å². The number of benzene rings is 1. The van der Waals surface area contributed by atoms with Crippen LogP contribution in [0.4, 0.5) is 17.6 Å². The van der Waals surface area contributed by atoms with E-state index in [0.29, 0.717) is 3.57 Å². The fourth-order valence-electron chi connectivity index (χ4n) is 0.813. The standard InChI is InChI=1S/C7H2F4I2/c8-4-1-3(12)2-5(13)6(4)7(9,10)11/h1-2H. The Balaban J connectivity index is 3.38. The van der Waals surface area contributed by atoms with Crippen molar-refractivity contribution in [3.8, 4) is 0 Å². The molecule has 0 N–H and O–H groups in total. The largest absolute Gasteiger partial charge is 0.420 e. The maximum atomic E-state index is 12.9. The minimum atomic E-state index is -4.62. The molecular weight excluding hydrogens is 414 g/mol. The zero-order chi connectivity index (χ0) is 10.2. The van der Waals surface area contributed by atoms with Crippen LogP contribution in [0.2, 0.25) is 0 Å². The Hall–Kier alpha value is 0.400. The van der Waals surface area contributed by atoms with Gasteiger partial charge in [-0.05, 0) is 57.3 Å². The van der Waals surface area contributed by atoms with Gasteiger partial charge in [0.15, 0.2) is 0 Å². The van der Waals surface area contributed by atoms with Gasteiger partial charge in [0.25, 0.3) is 0 Å². The van der Waals surface area contributed by atoms with E-state index in [2.05, 4.69) is 0 Å².